The molecular weight excluding hydrogens is 356 g/mol. The van der Waals surface area contributed by atoms with E-state index in [1.807, 2.05) is 0 Å². The lowest BCUT2D eigenvalue weighted by molar-refractivity contribution is 0.0928. The highest BCUT2D eigenvalue weighted by molar-refractivity contribution is 5.23. The lowest BCUT2D eigenvalue weighted by atomic mass is 9.60. The Hall–Kier alpha value is -0.860. The van der Waals surface area contributed by atoms with Crippen molar-refractivity contribution in [1.82, 2.24) is 0 Å². The summed E-state index contributed by atoms with van der Waals surface area (Å²) in [6.45, 7) is 13.3. The Morgan fingerprint density at radius 2 is 1.93 bits per heavy atom. The largest absolute Gasteiger partial charge is 0.393 e. The quantitative estimate of drug-likeness (QED) is 0.372. The second-order valence-corrected chi connectivity index (χ2v) is 10.5. The van der Waals surface area contributed by atoms with E-state index in [-0.39, 0.29) is 0 Å². The third-order valence-electron chi connectivity index (χ3n) is 7.81. The van der Waals surface area contributed by atoms with Crippen LogP contribution in [-0.4, -0.2) is 22.4 Å². The van der Waals surface area contributed by atoms with Gasteiger partial charge in [0.05, 0.1) is 12.2 Å². The molecule has 29 heavy (non-hydrogen) atoms. The molecule has 2 fully saturated rings. The van der Waals surface area contributed by atoms with Crippen LogP contribution < -0.4 is 0 Å². The third-order valence-corrected chi connectivity index (χ3v) is 7.81. The van der Waals surface area contributed by atoms with Crippen LogP contribution in [0.3, 0.4) is 0 Å². The van der Waals surface area contributed by atoms with Crippen LogP contribution in [0.25, 0.3) is 0 Å². The molecule has 2 aliphatic carbocycles. The topological polar surface area (TPSA) is 40.5 Å². The van der Waals surface area contributed by atoms with Crippen molar-refractivity contribution in [2.45, 2.75) is 104 Å². The highest BCUT2D eigenvalue weighted by Crippen LogP contribution is 2.59. The molecule has 0 aromatic carbocycles. The van der Waals surface area contributed by atoms with Crippen molar-refractivity contribution in [2.24, 2.45) is 29.1 Å². The Morgan fingerprint density at radius 3 is 2.62 bits per heavy atom. The summed E-state index contributed by atoms with van der Waals surface area (Å²) in [5.74, 6) is 3.27. The molecule has 0 heterocycles. The third kappa shape index (κ3) is 6.82. The first-order valence-corrected chi connectivity index (χ1v) is 12.1. The van der Waals surface area contributed by atoms with E-state index in [9.17, 15) is 10.2 Å². The zero-order valence-electron chi connectivity index (χ0n) is 19.4. The fourth-order valence-corrected chi connectivity index (χ4v) is 6.16. The molecule has 2 heteroatoms. The Labute approximate surface area is 180 Å². The van der Waals surface area contributed by atoms with E-state index < -0.39 is 12.2 Å². The van der Waals surface area contributed by atoms with E-state index >= 15 is 0 Å². The molecule has 2 nitrogen and oxygen atoms in total. The molecule has 6 atom stereocenters. The molecule has 0 aromatic rings. The van der Waals surface area contributed by atoms with Gasteiger partial charge in [-0.15, -0.1) is 6.58 Å². The van der Waals surface area contributed by atoms with E-state index in [1.165, 1.54) is 57.4 Å². The van der Waals surface area contributed by atoms with Gasteiger partial charge in [-0.05, 0) is 67.6 Å². The summed E-state index contributed by atoms with van der Waals surface area (Å²) in [7, 11) is 0. The van der Waals surface area contributed by atoms with Crippen molar-refractivity contribution >= 4 is 0 Å². The Morgan fingerprint density at radius 1 is 1.17 bits per heavy atom. The SMILES string of the molecule is C=C[C@@H](O)C[C@H](O)C/C=C/C=C1\CCC[C@]2(C)[C@@H]([C@@H](C)CCCC(C)C)CC[C@@H]12. The summed E-state index contributed by atoms with van der Waals surface area (Å²) in [6.07, 6.45) is 18.7. The van der Waals surface area contributed by atoms with Crippen molar-refractivity contribution in [3.05, 3.63) is 36.5 Å². The van der Waals surface area contributed by atoms with Crippen molar-refractivity contribution < 1.29 is 10.2 Å². The van der Waals surface area contributed by atoms with Gasteiger partial charge in [0.1, 0.15) is 0 Å². The first-order chi connectivity index (χ1) is 13.8. The van der Waals surface area contributed by atoms with E-state index in [4.69, 9.17) is 0 Å². The zero-order chi connectivity index (χ0) is 21.4. The predicted octanol–water partition coefficient (Wildman–Crippen LogP) is 6.84. The summed E-state index contributed by atoms with van der Waals surface area (Å²) in [5.41, 5.74) is 2.11. The molecule has 0 amide bonds. The lowest BCUT2D eigenvalue weighted by Crippen LogP contribution is -2.36. The van der Waals surface area contributed by atoms with Crippen LogP contribution >= 0.6 is 0 Å². The smallest absolute Gasteiger partial charge is 0.0743 e. The molecule has 2 saturated carbocycles. The van der Waals surface area contributed by atoms with Gasteiger partial charge in [-0.2, -0.15) is 0 Å². The van der Waals surface area contributed by atoms with Crippen molar-refractivity contribution in [3.63, 3.8) is 0 Å². The van der Waals surface area contributed by atoms with Crippen LogP contribution in [0, 0.1) is 29.1 Å². The number of hydrogen-bond acceptors (Lipinski definition) is 2. The monoisotopic (exact) mass is 402 g/mol. The van der Waals surface area contributed by atoms with Crippen LogP contribution in [0.5, 0.6) is 0 Å². The number of allylic oxidation sites excluding steroid dienone is 3. The van der Waals surface area contributed by atoms with Crippen molar-refractivity contribution in [1.29, 1.82) is 0 Å². The average Bonchev–Trinajstić information content (AvgIpc) is 3.02. The molecule has 0 radical (unpaired) electrons. The van der Waals surface area contributed by atoms with Gasteiger partial charge >= 0.3 is 0 Å². The molecule has 0 unspecified atom stereocenters. The van der Waals surface area contributed by atoms with E-state index in [0.29, 0.717) is 18.3 Å². The van der Waals surface area contributed by atoms with Gasteiger partial charge in [-0.3, -0.25) is 0 Å². The zero-order valence-corrected chi connectivity index (χ0v) is 19.4. The Kier molecular flexibility index (Phi) is 9.69. The summed E-state index contributed by atoms with van der Waals surface area (Å²) < 4.78 is 0. The van der Waals surface area contributed by atoms with E-state index in [0.717, 1.165) is 23.7 Å². The molecule has 2 aliphatic rings. The second-order valence-electron chi connectivity index (χ2n) is 10.5. The molecule has 2 N–H and O–H groups in total. The molecule has 166 valence electrons. The summed E-state index contributed by atoms with van der Waals surface area (Å²) in [6, 6.07) is 0. The first-order valence-electron chi connectivity index (χ1n) is 12.1. The van der Waals surface area contributed by atoms with Crippen LogP contribution in [-0.2, 0) is 0 Å². The first kappa shape index (κ1) is 24.4. The standard InChI is InChI=1S/C27H46O2/c1-6-23(28)19-24(29)15-8-7-13-22-14-10-18-27(5)25(16-17-26(22)27)21(4)12-9-11-20(2)3/h6-8,13,20-21,23-26,28-29H,1,9-12,14-19H2,2-5H3/b8-7+,22-13+/t21-,23+,24+,25+,26-,27+/m0/s1. The van der Waals surface area contributed by atoms with Gasteiger partial charge in [0.15, 0.2) is 0 Å². The van der Waals surface area contributed by atoms with Gasteiger partial charge < -0.3 is 10.2 Å². The minimum atomic E-state index is -0.617. The maximum atomic E-state index is 10.0. The number of aliphatic hydroxyl groups is 2. The number of aliphatic hydroxyl groups excluding tert-OH is 2. The van der Waals surface area contributed by atoms with E-state index in [2.05, 4.69) is 52.5 Å². The summed E-state index contributed by atoms with van der Waals surface area (Å²) in [4.78, 5) is 0. The molecule has 0 aliphatic heterocycles. The molecule has 0 bridgehead atoms. The van der Waals surface area contributed by atoms with Gasteiger partial charge in [0.25, 0.3) is 0 Å². The molecule has 0 saturated heterocycles. The second kappa shape index (κ2) is 11.5. The predicted molar refractivity (Wildman–Crippen MR) is 125 cm³/mol. The van der Waals surface area contributed by atoms with Gasteiger partial charge in [-0.1, -0.05) is 76.8 Å². The molecular formula is C27H46O2. The normalized spacial score (nSPS) is 31.9. The summed E-state index contributed by atoms with van der Waals surface area (Å²) >= 11 is 0. The molecule has 0 aromatic heterocycles. The van der Waals surface area contributed by atoms with Crippen LogP contribution in [0.15, 0.2) is 36.5 Å². The Bertz CT molecular complexity index is 561. The minimum Gasteiger partial charge on any atom is -0.393 e. The van der Waals surface area contributed by atoms with Crippen molar-refractivity contribution in [2.75, 3.05) is 0 Å². The van der Waals surface area contributed by atoms with Gasteiger partial charge in [0.2, 0.25) is 0 Å². The minimum absolute atomic E-state index is 0.363. The van der Waals surface area contributed by atoms with Crippen molar-refractivity contribution in [3.8, 4) is 0 Å². The van der Waals surface area contributed by atoms with Crippen LogP contribution in [0.2, 0.25) is 0 Å². The lowest BCUT2D eigenvalue weighted by Gasteiger charge is -2.44. The number of hydrogen-bond donors (Lipinski definition) is 2. The van der Waals surface area contributed by atoms with Gasteiger partial charge in [0, 0.05) is 6.42 Å². The fraction of sp³-hybridized carbons (Fsp3) is 0.778. The maximum Gasteiger partial charge on any atom is 0.0743 e. The molecule has 2 rings (SSSR count). The number of rotatable bonds is 11. The van der Waals surface area contributed by atoms with Gasteiger partial charge in [-0.25, -0.2) is 0 Å². The molecule has 0 spiro atoms. The maximum absolute atomic E-state index is 10.0. The number of fused-ring (bicyclic) bond motifs is 1. The Balaban J connectivity index is 1.93. The average molecular weight is 403 g/mol. The summed E-state index contributed by atoms with van der Waals surface area (Å²) in [5, 5.41) is 19.6. The van der Waals surface area contributed by atoms with Crippen LogP contribution in [0.1, 0.15) is 91.9 Å². The highest BCUT2D eigenvalue weighted by atomic mass is 16.3. The fourth-order valence-electron chi connectivity index (χ4n) is 6.16. The highest BCUT2D eigenvalue weighted by Gasteiger charge is 2.50. The van der Waals surface area contributed by atoms with Crippen LogP contribution in [0.4, 0.5) is 0 Å². The van der Waals surface area contributed by atoms with E-state index in [1.54, 1.807) is 5.57 Å².